The lowest BCUT2D eigenvalue weighted by Gasteiger charge is -2.14. The van der Waals surface area contributed by atoms with Crippen molar-refractivity contribution in [2.45, 2.75) is 26.9 Å². The number of carbonyl (C=O) groups excluding carboxylic acids is 1. The summed E-state index contributed by atoms with van der Waals surface area (Å²) in [5.41, 5.74) is 12.1. The van der Waals surface area contributed by atoms with E-state index in [1.807, 2.05) is 56.3 Å². The molecule has 7 nitrogen and oxygen atoms in total. The van der Waals surface area contributed by atoms with Crippen LogP contribution in [0.4, 0.5) is 5.82 Å². The van der Waals surface area contributed by atoms with Crippen molar-refractivity contribution in [3.8, 4) is 5.69 Å². The predicted octanol–water partition coefficient (Wildman–Crippen LogP) is 3.96. The number of nitrogen functional groups attached to an aromatic ring is 1. The molecule has 0 radical (unpaired) electrons. The van der Waals surface area contributed by atoms with Crippen LogP contribution >= 0.6 is 0 Å². The van der Waals surface area contributed by atoms with Gasteiger partial charge in [-0.15, -0.1) is 0 Å². The molecule has 0 spiro atoms. The number of hydrogen-bond acceptors (Lipinski definition) is 6. The van der Waals surface area contributed by atoms with Gasteiger partial charge in [-0.05, 0) is 50.1 Å². The number of esters is 1. The molecule has 1 atom stereocenters. The molecule has 2 heterocycles. The Balaban J connectivity index is 2.02. The van der Waals surface area contributed by atoms with E-state index in [0.717, 1.165) is 22.3 Å². The Morgan fingerprint density at radius 2 is 1.80 bits per heavy atom. The number of rotatable bonds is 5. The fraction of sp³-hybridized carbons (Fsp3) is 0.261. The molecule has 154 valence electrons. The van der Waals surface area contributed by atoms with E-state index < -0.39 is 12.1 Å². The molecule has 4 rings (SSSR count). The van der Waals surface area contributed by atoms with Crippen molar-refractivity contribution in [3.63, 3.8) is 0 Å². The van der Waals surface area contributed by atoms with Crippen molar-refractivity contribution in [2.75, 3.05) is 19.5 Å². The molecular formula is C23H24N4O3. The summed E-state index contributed by atoms with van der Waals surface area (Å²) in [6, 6.07) is 13.5. The molecule has 0 aliphatic carbocycles. The van der Waals surface area contributed by atoms with Crippen LogP contribution < -0.4 is 5.73 Å². The zero-order chi connectivity index (χ0) is 21.4. The highest BCUT2D eigenvalue weighted by Gasteiger charge is 2.27. The van der Waals surface area contributed by atoms with Crippen LogP contribution in [0, 0.1) is 13.8 Å². The van der Waals surface area contributed by atoms with Crippen molar-refractivity contribution in [1.82, 2.24) is 14.5 Å². The van der Waals surface area contributed by atoms with Crippen LogP contribution in [0.15, 0.2) is 42.5 Å². The van der Waals surface area contributed by atoms with Crippen LogP contribution in [0.3, 0.4) is 0 Å². The largest absolute Gasteiger partial charge is 0.456 e. The molecule has 7 heteroatoms. The summed E-state index contributed by atoms with van der Waals surface area (Å²) < 4.78 is 12.4. The fourth-order valence-electron chi connectivity index (χ4n) is 3.59. The molecule has 0 saturated carbocycles. The highest BCUT2D eigenvalue weighted by molar-refractivity contribution is 6.09. The zero-order valence-electron chi connectivity index (χ0n) is 17.5. The normalized spacial score (nSPS) is 12.4. The summed E-state index contributed by atoms with van der Waals surface area (Å²) >= 11 is 0. The SMILES string of the molecule is COCC(C)OC(=O)c1c(N)n(-c2cccc(C)c2C)c2nc3ccccc3nc12. The first kappa shape index (κ1) is 19.8. The topological polar surface area (TPSA) is 92.3 Å². The average molecular weight is 404 g/mol. The Kier molecular flexibility index (Phi) is 5.13. The Morgan fingerprint density at radius 3 is 2.50 bits per heavy atom. The molecular weight excluding hydrogens is 380 g/mol. The third-order valence-electron chi connectivity index (χ3n) is 5.23. The average Bonchev–Trinajstić information content (AvgIpc) is 2.99. The van der Waals surface area contributed by atoms with Crippen molar-refractivity contribution >= 4 is 34.0 Å². The zero-order valence-corrected chi connectivity index (χ0v) is 17.5. The first-order valence-electron chi connectivity index (χ1n) is 9.75. The van der Waals surface area contributed by atoms with Gasteiger partial charge >= 0.3 is 5.97 Å². The van der Waals surface area contributed by atoms with E-state index in [1.165, 1.54) is 0 Å². The molecule has 2 aromatic heterocycles. The molecule has 30 heavy (non-hydrogen) atoms. The maximum atomic E-state index is 13.1. The second kappa shape index (κ2) is 7.76. The third kappa shape index (κ3) is 3.27. The highest BCUT2D eigenvalue weighted by Crippen LogP contribution is 2.33. The van der Waals surface area contributed by atoms with E-state index >= 15 is 0 Å². The lowest BCUT2D eigenvalue weighted by molar-refractivity contribution is 0.0123. The van der Waals surface area contributed by atoms with Gasteiger partial charge in [0, 0.05) is 7.11 Å². The summed E-state index contributed by atoms with van der Waals surface area (Å²) in [6.07, 6.45) is -0.422. The van der Waals surface area contributed by atoms with E-state index in [4.69, 9.17) is 25.2 Å². The number of benzene rings is 2. The van der Waals surface area contributed by atoms with E-state index in [1.54, 1.807) is 18.6 Å². The summed E-state index contributed by atoms with van der Waals surface area (Å²) in [5.74, 6) is -0.292. The minimum Gasteiger partial charge on any atom is -0.456 e. The van der Waals surface area contributed by atoms with Crippen LogP contribution in [0.5, 0.6) is 0 Å². The molecule has 2 N–H and O–H groups in total. The lowest BCUT2D eigenvalue weighted by Crippen LogP contribution is -2.20. The van der Waals surface area contributed by atoms with Crippen molar-refractivity contribution in [3.05, 3.63) is 59.2 Å². The number of hydrogen-bond donors (Lipinski definition) is 1. The van der Waals surface area contributed by atoms with Gasteiger partial charge in [-0.2, -0.15) is 0 Å². The van der Waals surface area contributed by atoms with Crippen LogP contribution in [0.25, 0.3) is 27.9 Å². The molecule has 2 aromatic carbocycles. The third-order valence-corrected chi connectivity index (χ3v) is 5.23. The standard InChI is InChI=1S/C23H24N4O3/c1-13-8-7-11-18(15(13)3)27-21(24)19(23(28)30-14(2)12-29-4)20-22(27)26-17-10-6-5-9-16(17)25-20/h5-11,14H,12,24H2,1-4H3. The Hall–Kier alpha value is -3.45. The van der Waals surface area contributed by atoms with E-state index in [2.05, 4.69) is 0 Å². The second-order valence-corrected chi connectivity index (χ2v) is 7.37. The number of ether oxygens (including phenoxy) is 2. The Labute approximate surface area is 174 Å². The number of aryl methyl sites for hydroxylation is 1. The van der Waals surface area contributed by atoms with Gasteiger partial charge in [-0.25, -0.2) is 14.8 Å². The number of methoxy groups -OCH3 is 1. The summed E-state index contributed by atoms with van der Waals surface area (Å²) in [5, 5.41) is 0. The molecule has 0 saturated heterocycles. The molecule has 4 aromatic rings. The quantitative estimate of drug-likeness (QED) is 0.506. The number of nitrogens with zero attached hydrogens (tertiary/aromatic N) is 3. The predicted molar refractivity (Wildman–Crippen MR) is 117 cm³/mol. The molecule has 0 bridgehead atoms. The minimum absolute atomic E-state index is 0.215. The fourth-order valence-corrected chi connectivity index (χ4v) is 3.59. The minimum atomic E-state index is -0.546. The van der Waals surface area contributed by atoms with Crippen LogP contribution in [-0.2, 0) is 9.47 Å². The van der Waals surface area contributed by atoms with Crippen molar-refractivity contribution < 1.29 is 14.3 Å². The highest BCUT2D eigenvalue weighted by atomic mass is 16.6. The second-order valence-electron chi connectivity index (χ2n) is 7.37. The van der Waals surface area contributed by atoms with Gasteiger partial charge < -0.3 is 15.2 Å². The van der Waals surface area contributed by atoms with Crippen LogP contribution in [-0.4, -0.2) is 40.3 Å². The van der Waals surface area contributed by atoms with Gasteiger partial charge in [0.25, 0.3) is 0 Å². The molecule has 0 amide bonds. The maximum Gasteiger partial charge on any atom is 0.344 e. The van der Waals surface area contributed by atoms with Crippen molar-refractivity contribution in [2.24, 2.45) is 0 Å². The summed E-state index contributed by atoms with van der Waals surface area (Å²) in [7, 11) is 1.56. The van der Waals surface area contributed by atoms with Crippen LogP contribution in [0.2, 0.25) is 0 Å². The Bertz CT molecular complexity index is 1260. The van der Waals surface area contributed by atoms with Gasteiger partial charge in [-0.1, -0.05) is 24.3 Å². The number of para-hydroxylation sites is 2. The number of carbonyl (C=O) groups is 1. The number of nitrogens with two attached hydrogens (primary N) is 1. The summed E-state index contributed by atoms with van der Waals surface area (Å²) in [6.45, 7) is 6.10. The van der Waals surface area contributed by atoms with Gasteiger partial charge in [0.15, 0.2) is 5.65 Å². The molecule has 1 unspecified atom stereocenters. The van der Waals surface area contributed by atoms with Gasteiger partial charge in [-0.3, -0.25) is 4.57 Å². The van der Waals surface area contributed by atoms with Gasteiger partial charge in [0.05, 0.1) is 23.3 Å². The van der Waals surface area contributed by atoms with E-state index in [0.29, 0.717) is 16.7 Å². The molecule has 0 aliphatic rings. The number of fused-ring (bicyclic) bond motifs is 2. The van der Waals surface area contributed by atoms with Crippen molar-refractivity contribution in [1.29, 1.82) is 0 Å². The number of anilines is 1. The smallest absolute Gasteiger partial charge is 0.344 e. The maximum absolute atomic E-state index is 13.1. The molecule has 0 fully saturated rings. The van der Waals surface area contributed by atoms with E-state index in [-0.39, 0.29) is 18.0 Å². The number of aromatic nitrogens is 3. The van der Waals surface area contributed by atoms with Crippen LogP contribution in [0.1, 0.15) is 28.4 Å². The van der Waals surface area contributed by atoms with Gasteiger partial charge in [0.1, 0.15) is 23.0 Å². The Morgan fingerprint density at radius 1 is 1.10 bits per heavy atom. The first-order chi connectivity index (χ1) is 14.4. The van der Waals surface area contributed by atoms with E-state index in [9.17, 15) is 4.79 Å². The monoisotopic (exact) mass is 404 g/mol. The van der Waals surface area contributed by atoms with Gasteiger partial charge in [0.2, 0.25) is 0 Å². The summed E-state index contributed by atoms with van der Waals surface area (Å²) in [4.78, 5) is 22.6. The lowest BCUT2D eigenvalue weighted by atomic mass is 10.1. The first-order valence-corrected chi connectivity index (χ1v) is 9.75. The molecule has 0 aliphatic heterocycles.